The van der Waals surface area contributed by atoms with Crippen molar-refractivity contribution >= 4 is 11.8 Å². The number of rotatable bonds is 3. The second-order valence-corrected chi connectivity index (χ2v) is 3.84. The molecule has 0 radical (unpaired) electrons. The molecule has 1 rings (SSSR count). The zero-order valence-electron chi connectivity index (χ0n) is 8.67. The maximum atomic E-state index is 11.7. The molecule has 5 heteroatoms. The van der Waals surface area contributed by atoms with Crippen molar-refractivity contribution in [1.82, 2.24) is 10.2 Å². The molecule has 0 unspecified atom stereocenters. The maximum Gasteiger partial charge on any atom is 0.242 e. The topological polar surface area (TPSA) is 75.4 Å². The monoisotopic (exact) mass is 199 g/mol. The van der Waals surface area contributed by atoms with Crippen LogP contribution >= 0.6 is 0 Å². The van der Waals surface area contributed by atoms with Crippen molar-refractivity contribution in [2.75, 3.05) is 20.6 Å². The Bertz CT molecular complexity index is 248. The van der Waals surface area contributed by atoms with Crippen LogP contribution in [0, 0.1) is 0 Å². The van der Waals surface area contributed by atoms with Gasteiger partial charge >= 0.3 is 0 Å². The van der Waals surface area contributed by atoms with Crippen LogP contribution in [0.3, 0.4) is 0 Å². The molecule has 1 aliphatic rings. The van der Waals surface area contributed by atoms with E-state index in [4.69, 9.17) is 5.73 Å². The van der Waals surface area contributed by atoms with E-state index in [9.17, 15) is 9.59 Å². The highest BCUT2D eigenvalue weighted by molar-refractivity contribution is 5.90. The lowest BCUT2D eigenvalue weighted by molar-refractivity contribution is -0.141. The van der Waals surface area contributed by atoms with Gasteiger partial charge in [0.15, 0.2) is 0 Å². The molecule has 5 nitrogen and oxygen atoms in total. The lowest BCUT2D eigenvalue weighted by Gasteiger charge is -2.38. The number of nitrogens with two attached hydrogens (primary N) is 1. The number of hydrogen-bond donors (Lipinski definition) is 2. The molecule has 1 fully saturated rings. The smallest absolute Gasteiger partial charge is 0.242 e. The summed E-state index contributed by atoms with van der Waals surface area (Å²) in [5, 5.41) is 2.46. The molecule has 3 N–H and O–H groups in total. The molecule has 1 saturated carbocycles. The van der Waals surface area contributed by atoms with Crippen LogP contribution in [-0.2, 0) is 9.59 Å². The van der Waals surface area contributed by atoms with E-state index in [0.29, 0.717) is 0 Å². The summed E-state index contributed by atoms with van der Waals surface area (Å²) in [6, 6.07) is 0. The van der Waals surface area contributed by atoms with Gasteiger partial charge in [-0.05, 0) is 19.3 Å². The Morgan fingerprint density at radius 3 is 2.43 bits per heavy atom. The summed E-state index contributed by atoms with van der Waals surface area (Å²) in [6.07, 6.45) is 2.45. The van der Waals surface area contributed by atoms with Gasteiger partial charge in [0.25, 0.3) is 0 Å². The zero-order chi connectivity index (χ0) is 10.8. The van der Waals surface area contributed by atoms with Crippen LogP contribution in [-0.4, -0.2) is 42.9 Å². The summed E-state index contributed by atoms with van der Waals surface area (Å²) in [5.41, 5.74) is 5.14. The van der Waals surface area contributed by atoms with Gasteiger partial charge in [-0.25, -0.2) is 0 Å². The maximum absolute atomic E-state index is 11.7. The fourth-order valence-electron chi connectivity index (χ4n) is 1.52. The van der Waals surface area contributed by atoms with Crippen LogP contribution in [0.1, 0.15) is 19.3 Å². The minimum absolute atomic E-state index is 0.0777. The Morgan fingerprint density at radius 1 is 1.50 bits per heavy atom. The molecular weight excluding hydrogens is 182 g/mol. The first kappa shape index (κ1) is 11.0. The number of likely N-dealkylation sites (N-methyl/N-ethyl adjacent to an activating group) is 2. The Balaban J connectivity index is 2.48. The van der Waals surface area contributed by atoms with E-state index < -0.39 is 5.54 Å². The summed E-state index contributed by atoms with van der Waals surface area (Å²) in [6.45, 7) is 0.0777. The van der Waals surface area contributed by atoms with Gasteiger partial charge in [-0.15, -0.1) is 0 Å². The van der Waals surface area contributed by atoms with Gasteiger partial charge in [-0.1, -0.05) is 0 Å². The zero-order valence-corrected chi connectivity index (χ0v) is 8.67. The highest BCUT2D eigenvalue weighted by Gasteiger charge is 2.41. The molecule has 0 aromatic heterocycles. The predicted molar refractivity (Wildman–Crippen MR) is 52.5 cm³/mol. The molecule has 80 valence electrons. The summed E-state index contributed by atoms with van der Waals surface area (Å²) in [4.78, 5) is 24.1. The number of carbonyl (C=O) groups is 2. The summed E-state index contributed by atoms with van der Waals surface area (Å²) in [7, 11) is 3.15. The third kappa shape index (κ3) is 2.04. The molecule has 0 atom stereocenters. The normalized spacial score (nSPS) is 18.2. The first-order chi connectivity index (χ1) is 6.49. The van der Waals surface area contributed by atoms with E-state index in [1.807, 2.05) is 0 Å². The van der Waals surface area contributed by atoms with Gasteiger partial charge in [-0.2, -0.15) is 0 Å². The fraction of sp³-hybridized carbons (Fsp3) is 0.778. The van der Waals surface area contributed by atoms with Crippen molar-refractivity contribution < 1.29 is 9.59 Å². The van der Waals surface area contributed by atoms with Gasteiger partial charge in [-0.3, -0.25) is 9.59 Å². The standard InChI is InChI=1S/C9H17N3O2/c1-11-7(13)6-12(2)8(14)9(10)4-3-5-9/h3-6,10H2,1-2H3,(H,11,13). The SMILES string of the molecule is CNC(=O)CN(C)C(=O)C1(N)CCC1. The quantitative estimate of drug-likeness (QED) is 0.616. The van der Waals surface area contributed by atoms with Crippen LogP contribution in [0.5, 0.6) is 0 Å². The number of nitrogens with zero attached hydrogens (tertiary/aromatic N) is 1. The first-order valence-electron chi connectivity index (χ1n) is 4.74. The van der Waals surface area contributed by atoms with Gasteiger partial charge in [0, 0.05) is 14.1 Å². The molecule has 2 amide bonds. The Hall–Kier alpha value is -1.10. The van der Waals surface area contributed by atoms with E-state index in [-0.39, 0.29) is 18.4 Å². The summed E-state index contributed by atoms with van der Waals surface area (Å²) < 4.78 is 0. The van der Waals surface area contributed by atoms with Gasteiger partial charge < -0.3 is 16.0 Å². The molecule has 14 heavy (non-hydrogen) atoms. The molecule has 1 aliphatic carbocycles. The Kier molecular flexibility index (Phi) is 3.10. The van der Waals surface area contributed by atoms with Crippen LogP contribution in [0.4, 0.5) is 0 Å². The number of nitrogens with one attached hydrogen (secondary N) is 1. The number of carbonyl (C=O) groups excluding carboxylic acids is 2. The third-order valence-corrected chi connectivity index (χ3v) is 2.68. The van der Waals surface area contributed by atoms with Crippen molar-refractivity contribution in [2.45, 2.75) is 24.8 Å². The molecule has 0 heterocycles. The average molecular weight is 199 g/mol. The van der Waals surface area contributed by atoms with E-state index in [1.165, 1.54) is 4.90 Å². The van der Waals surface area contributed by atoms with E-state index in [1.54, 1.807) is 14.1 Å². The van der Waals surface area contributed by atoms with Crippen LogP contribution in [0.15, 0.2) is 0 Å². The van der Waals surface area contributed by atoms with Crippen molar-refractivity contribution in [3.05, 3.63) is 0 Å². The van der Waals surface area contributed by atoms with Crippen LogP contribution in [0.25, 0.3) is 0 Å². The number of amides is 2. The van der Waals surface area contributed by atoms with E-state index in [0.717, 1.165) is 19.3 Å². The van der Waals surface area contributed by atoms with E-state index >= 15 is 0 Å². The molecular formula is C9H17N3O2. The van der Waals surface area contributed by atoms with Crippen LogP contribution < -0.4 is 11.1 Å². The second-order valence-electron chi connectivity index (χ2n) is 3.84. The Labute approximate surface area is 83.6 Å². The lowest BCUT2D eigenvalue weighted by atomic mass is 9.76. The van der Waals surface area contributed by atoms with Crippen molar-refractivity contribution in [3.8, 4) is 0 Å². The molecule has 0 aliphatic heterocycles. The van der Waals surface area contributed by atoms with Crippen molar-refractivity contribution in [3.63, 3.8) is 0 Å². The van der Waals surface area contributed by atoms with Crippen molar-refractivity contribution in [1.29, 1.82) is 0 Å². The number of hydrogen-bond acceptors (Lipinski definition) is 3. The van der Waals surface area contributed by atoms with Gasteiger partial charge in [0.05, 0.1) is 12.1 Å². The molecule has 0 spiro atoms. The fourth-order valence-corrected chi connectivity index (χ4v) is 1.52. The molecule has 0 bridgehead atoms. The van der Waals surface area contributed by atoms with Gasteiger partial charge in [0.1, 0.15) is 0 Å². The minimum Gasteiger partial charge on any atom is -0.358 e. The van der Waals surface area contributed by atoms with Gasteiger partial charge in [0.2, 0.25) is 11.8 Å². The van der Waals surface area contributed by atoms with Crippen LogP contribution in [0.2, 0.25) is 0 Å². The summed E-state index contributed by atoms with van der Waals surface area (Å²) in [5.74, 6) is -0.309. The highest BCUT2D eigenvalue weighted by Crippen LogP contribution is 2.30. The second kappa shape index (κ2) is 3.96. The third-order valence-electron chi connectivity index (χ3n) is 2.68. The predicted octanol–water partition coefficient (Wildman–Crippen LogP) is -0.928. The van der Waals surface area contributed by atoms with Crippen molar-refractivity contribution in [2.24, 2.45) is 5.73 Å². The highest BCUT2D eigenvalue weighted by atomic mass is 16.2. The minimum atomic E-state index is -0.706. The first-order valence-corrected chi connectivity index (χ1v) is 4.74. The lowest BCUT2D eigenvalue weighted by Crippen LogP contribution is -2.59. The molecule has 0 aromatic carbocycles. The van der Waals surface area contributed by atoms with E-state index in [2.05, 4.69) is 5.32 Å². The largest absolute Gasteiger partial charge is 0.358 e. The molecule has 0 aromatic rings. The Morgan fingerprint density at radius 2 is 2.07 bits per heavy atom. The molecule has 0 saturated heterocycles. The summed E-state index contributed by atoms with van der Waals surface area (Å²) >= 11 is 0. The average Bonchev–Trinajstić information content (AvgIpc) is 2.12.